The normalized spacial score (nSPS) is 22.9. The van der Waals surface area contributed by atoms with E-state index in [0.29, 0.717) is 32.2 Å². The first-order chi connectivity index (χ1) is 19.1. The topological polar surface area (TPSA) is 133 Å². The van der Waals surface area contributed by atoms with Crippen molar-refractivity contribution in [2.45, 2.75) is 43.3 Å². The largest absolute Gasteiger partial charge is 0.490 e. The maximum Gasteiger partial charge on any atom is 0.490 e. The van der Waals surface area contributed by atoms with Crippen LogP contribution in [0.5, 0.6) is 0 Å². The second kappa shape index (κ2) is 12.9. The summed E-state index contributed by atoms with van der Waals surface area (Å²) in [5.41, 5.74) is 0.254. The molecule has 2 N–H and O–H groups in total. The van der Waals surface area contributed by atoms with Gasteiger partial charge in [-0.15, -0.1) is 0 Å². The summed E-state index contributed by atoms with van der Waals surface area (Å²) in [5, 5.41) is 14.2. The number of hydrogen-bond donors (Lipinski definition) is 2. The molecule has 5 rings (SSSR count). The van der Waals surface area contributed by atoms with Crippen LogP contribution < -0.4 is 0 Å². The number of carbonyl (C=O) groups excluding carboxylic acids is 1. The fourth-order valence-corrected chi connectivity index (χ4v) is 4.53. The van der Waals surface area contributed by atoms with Crippen molar-refractivity contribution >= 4 is 17.8 Å². The van der Waals surface area contributed by atoms with Crippen molar-refractivity contribution in [1.82, 2.24) is 14.8 Å². The summed E-state index contributed by atoms with van der Waals surface area (Å²) >= 11 is 0. The molecule has 1 amide bonds. The van der Waals surface area contributed by atoms with Gasteiger partial charge in [0.1, 0.15) is 5.76 Å². The molecule has 2 atom stereocenters. The summed E-state index contributed by atoms with van der Waals surface area (Å²) in [7, 11) is 0. The molecule has 0 bridgehead atoms. The quantitative estimate of drug-likeness (QED) is 0.498. The highest BCUT2D eigenvalue weighted by molar-refractivity contribution is 5.88. The van der Waals surface area contributed by atoms with Crippen molar-refractivity contribution in [2.75, 3.05) is 32.8 Å². The number of halogens is 6. The summed E-state index contributed by atoms with van der Waals surface area (Å²) in [6.07, 6.45) is -2.34. The van der Waals surface area contributed by atoms with E-state index in [4.69, 9.17) is 29.0 Å². The van der Waals surface area contributed by atoms with E-state index in [9.17, 15) is 31.1 Å². The fraction of sp³-hybridized carbons (Fsp3) is 0.520. The molecule has 4 heterocycles. The van der Waals surface area contributed by atoms with Gasteiger partial charge in [0.25, 0.3) is 5.91 Å². The number of hydrogen-bond acceptors (Lipinski definition) is 7. The Kier molecular flexibility index (Phi) is 10.0. The van der Waals surface area contributed by atoms with Crippen LogP contribution in [0, 0.1) is 5.92 Å². The zero-order valence-electron chi connectivity index (χ0n) is 21.4. The first-order valence-electron chi connectivity index (χ1n) is 12.3. The second-order valence-electron chi connectivity index (χ2n) is 9.63. The predicted octanol–water partition coefficient (Wildman–Crippen LogP) is 3.55. The predicted molar refractivity (Wildman–Crippen MR) is 126 cm³/mol. The Hall–Kier alpha value is -3.66. The average Bonchev–Trinajstić information content (AvgIpc) is 3.42. The molecule has 1 spiro atoms. The highest BCUT2D eigenvalue weighted by Crippen LogP contribution is 2.43. The van der Waals surface area contributed by atoms with Gasteiger partial charge in [-0.1, -0.05) is 6.07 Å². The van der Waals surface area contributed by atoms with E-state index in [-0.39, 0.29) is 11.8 Å². The van der Waals surface area contributed by atoms with Gasteiger partial charge in [0.2, 0.25) is 0 Å². The summed E-state index contributed by atoms with van der Waals surface area (Å²) < 4.78 is 75.3. The van der Waals surface area contributed by atoms with Crippen LogP contribution in [-0.4, -0.2) is 93.6 Å². The first-order valence-corrected chi connectivity index (χ1v) is 12.3. The van der Waals surface area contributed by atoms with Crippen molar-refractivity contribution < 1.29 is 60.1 Å². The smallest absolute Gasteiger partial charge is 0.475 e. The Labute approximate surface area is 229 Å². The van der Waals surface area contributed by atoms with Crippen LogP contribution in [0.3, 0.4) is 0 Å². The van der Waals surface area contributed by atoms with Gasteiger partial charge in [0.05, 0.1) is 19.4 Å². The highest BCUT2D eigenvalue weighted by atomic mass is 19.4. The molecule has 0 radical (unpaired) electrons. The zero-order chi connectivity index (χ0) is 30.4. The molecule has 1 saturated carbocycles. The number of nitrogens with zero attached hydrogens (tertiary/aromatic N) is 3. The number of carbonyl (C=O) groups is 3. The Balaban J connectivity index is 0.000000276. The lowest BCUT2D eigenvalue weighted by atomic mass is 9.83. The van der Waals surface area contributed by atoms with Gasteiger partial charge in [-0.05, 0) is 42.5 Å². The maximum atomic E-state index is 13.6. The third kappa shape index (κ3) is 8.66. The number of aromatic nitrogens is 1. The molecule has 226 valence electrons. The minimum Gasteiger partial charge on any atom is -0.475 e. The van der Waals surface area contributed by atoms with Crippen LogP contribution in [-0.2, 0) is 25.7 Å². The zero-order valence-corrected chi connectivity index (χ0v) is 21.4. The first kappa shape index (κ1) is 31.9. The van der Waals surface area contributed by atoms with Crippen LogP contribution in [0.4, 0.5) is 26.3 Å². The summed E-state index contributed by atoms with van der Waals surface area (Å²) in [5.74, 6) is -3.79. The van der Waals surface area contributed by atoms with Crippen LogP contribution in [0.15, 0.2) is 47.3 Å². The molecule has 16 heteroatoms. The summed E-state index contributed by atoms with van der Waals surface area (Å²) in [4.78, 5) is 40.0. The van der Waals surface area contributed by atoms with E-state index in [1.54, 1.807) is 12.5 Å². The van der Waals surface area contributed by atoms with Gasteiger partial charge < -0.3 is 24.3 Å². The Morgan fingerprint density at radius 2 is 1.68 bits per heavy atom. The van der Waals surface area contributed by atoms with E-state index in [2.05, 4.69) is 16.0 Å². The Morgan fingerprint density at radius 3 is 2.17 bits per heavy atom. The van der Waals surface area contributed by atoms with Gasteiger partial charge in [0, 0.05) is 44.5 Å². The van der Waals surface area contributed by atoms with E-state index < -0.39 is 29.9 Å². The number of pyridine rings is 1. The van der Waals surface area contributed by atoms with E-state index in [0.717, 1.165) is 24.4 Å². The molecular weight excluding hydrogens is 568 g/mol. The number of amides is 1. The molecule has 0 aromatic carbocycles. The Bertz CT molecular complexity index is 1150. The van der Waals surface area contributed by atoms with Gasteiger partial charge in [-0.25, -0.2) is 9.59 Å². The standard InChI is InChI=1S/C21H25N3O3.2C2HF3O2/c25-20-21(27-10-8-24(20)12-16-5-6-16)15-23(13-18-4-2-9-26-18)14-19(21)17-3-1-7-22-11-17;2*3-2(4,5)1(6)7/h1-4,7,9,11,16,19H,5-6,8,10,12-15H2;2*(H,6,7). The van der Waals surface area contributed by atoms with Gasteiger partial charge in [-0.3, -0.25) is 14.7 Å². The van der Waals surface area contributed by atoms with Crippen LogP contribution in [0.2, 0.25) is 0 Å². The molecular formula is C25H27F6N3O7. The molecule has 41 heavy (non-hydrogen) atoms. The second-order valence-corrected chi connectivity index (χ2v) is 9.63. The van der Waals surface area contributed by atoms with E-state index in [1.807, 2.05) is 29.3 Å². The molecule has 1 aliphatic carbocycles. The molecule has 2 aromatic heterocycles. The van der Waals surface area contributed by atoms with Crippen molar-refractivity contribution in [3.8, 4) is 0 Å². The number of aliphatic carboxylic acids is 2. The third-order valence-electron chi connectivity index (χ3n) is 6.54. The number of furan rings is 1. The highest BCUT2D eigenvalue weighted by Gasteiger charge is 2.57. The fourth-order valence-electron chi connectivity index (χ4n) is 4.53. The monoisotopic (exact) mass is 595 g/mol. The number of alkyl halides is 6. The number of carboxylic acids is 2. The summed E-state index contributed by atoms with van der Waals surface area (Å²) in [6, 6.07) is 7.88. The van der Waals surface area contributed by atoms with Crippen LogP contribution >= 0.6 is 0 Å². The molecule has 2 unspecified atom stereocenters. The number of morpholine rings is 1. The maximum absolute atomic E-state index is 13.6. The minimum atomic E-state index is -5.08. The lowest BCUT2D eigenvalue weighted by Gasteiger charge is -2.42. The van der Waals surface area contributed by atoms with Crippen molar-refractivity contribution in [1.29, 1.82) is 0 Å². The minimum absolute atomic E-state index is 0.0179. The molecule has 2 aliphatic heterocycles. The Morgan fingerprint density at radius 1 is 1.05 bits per heavy atom. The average molecular weight is 595 g/mol. The summed E-state index contributed by atoms with van der Waals surface area (Å²) in [6.45, 7) is 4.22. The molecule has 3 aliphatic rings. The van der Waals surface area contributed by atoms with Crippen LogP contribution in [0.25, 0.3) is 0 Å². The van der Waals surface area contributed by atoms with Crippen molar-refractivity contribution in [3.05, 3.63) is 54.2 Å². The van der Waals surface area contributed by atoms with E-state index >= 15 is 0 Å². The van der Waals surface area contributed by atoms with Gasteiger partial charge >= 0.3 is 24.3 Å². The number of rotatable bonds is 5. The van der Waals surface area contributed by atoms with Gasteiger partial charge in [-0.2, -0.15) is 26.3 Å². The van der Waals surface area contributed by atoms with Gasteiger partial charge in [0.15, 0.2) is 5.60 Å². The molecule has 10 nitrogen and oxygen atoms in total. The SMILES string of the molecule is O=C(O)C(F)(F)F.O=C(O)C(F)(F)F.O=C1N(CC2CC2)CCOC12CN(Cc1ccco1)CC2c1cccnc1. The number of likely N-dealkylation sites (tertiary alicyclic amines) is 1. The molecule has 2 aromatic rings. The molecule has 3 fully saturated rings. The van der Waals surface area contributed by atoms with Crippen LogP contribution in [0.1, 0.15) is 30.1 Å². The van der Waals surface area contributed by atoms with E-state index in [1.165, 1.54) is 12.8 Å². The van der Waals surface area contributed by atoms with Crippen molar-refractivity contribution in [3.63, 3.8) is 0 Å². The molecule has 2 saturated heterocycles. The number of carboxylic acid groups (broad SMARTS) is 2. The number of ether oxygens (including phenoxy) is 1. The lowest BCUT2D eigenvalue weighted by molar-refractivity contribution is -0.193. The van der Waals surface area contributed by atoms with Crippen molar-refractivity contribution in [2.24, 2.45) is 5.92 Å². The lowest BCUT2D eigenvalue weighted by Crippen LogP contribution is -2.60. The third-order valence-corrected chi connectivity index (χ3v) is 6.54.